The summed E-state index contributed by atoms with van der Waals surface area (Å²) in [6, 6.07) is 0. The van der Waals surface area contributed by atoms with Crippen molar-refractivity contribution in [2.75, 3.05) is 13.2 Å². The molecule has 0 radical (unpaired) electrons. The van der Waals surface area contributed by atoms with Crippen LogP contribution in [0.25, 0.3) is 0 Å². The molecule has 4 atom stereocenters. The number of ether oxygens (including phenoxy) is 2. The van der Waals surface area contributed by atoms with Gasteiger partial charge >= 0.3 is 0 Å². The standard InChI is InChI=1S/C20H36O2/c1-2-4-10-18(20-12-6-8-16-22-20)14-13-17(9-3-1)19-11-5-7-15-21-19/h17-20H,1-16H2. The second-order valence-electron chi connectivity index (χ2n) is 7.90. The van der Waals surface area contributed by atoms with Crippen molar-refractivity contribution in [1.82, 2.24) is 0 Å². The van der Waals surface area contributed by atoms with Crippen LogP contribution >= 0.6 is 0 Å². The van der Waals surface area contributed by atoms with E-state index < -0.39 is 0 Å². The summed E-state index contributed by atoms with van der Waals surface area (Å²) in [7, 11) is 0. The third kappa shape index (κ3) is 4.96. The van der Waals surface area contributed by atoms with Crippen molar-refractivity contribution in [3.63, 3.8) is 0 Å². The fourth-order valence-electron chi connectivity index (χ4n) is 4.90. The summed E-state index contributed by atoms with van der Waals surface area (Å²) in [5.74, 6) is 1.65. The van der Waals surface area contributed by atoms with Crippen LogP contribution in [0.1, 0.15) is 89.9 Å². The molecule has 0 aromatic carbocycles. The normalized spacial score (nSPS) is 39.3. The molecule has 0 bridgehead atoms. The van der Waals surface area contributed by atoms with E-state index in [1.807, 2.05) is 0 Å². The molecule has 2 nitrogen and oxygen atoms in total. The van der Waals surface area contributed by atoms with Crippen LogP contribution in [0.15, 0.2) is 0 Å². The van der Waals surface area contributed by atoms with Crippen LogP contribution in [0.4, 0.5) is 0 Å². The van der Waals surface area contributed by atoms with Gasteiger partial charge < -0.3 is 9.47 Å². The fraction of sp³-hybridized carbons (Fsp3) is 1.00. The maximum atomic E-state index is 6.14. The van der Waals surface area contributed by atoms with Crippen LogP contribution in [0.5, 0.6) is 0 Å². The zero-order valence-electron chi connectivity index (χ0n) is 14.4. The van der Waals surface area contributed by atoms with Crippen molar-refractivity contribution >= 4 is 0 Å². The van der Waals surface area contributed by atoms with Crippen molar-refractivity contribution in [2.24, 2.45) is 11.8 Å². The van der Waals surface area contributed by atoms with E-state index in [0.717, 1.165) is 25.0 Å². The van der Waals surface area contributed by atoms with Crippen molar-refractivity contribution in [3.05, 3.63) is 0 Å². The molecule has 0 aromatic heterocycles. The van der Waals surface area contributed by atoms with Gasteiger partial charge in [-0.15, -0.1) is 0 Å². The van der Waals surface area contributed by atoms with Gasteiger partial charge in [-0.1, -0.05) is 25.7 Å². The summed E-state index contributed by atoms with van der Waals surface area (Å²) in [5.41, 5.74) is 0. The van der Waals surface area contributed by atoms with Crippen LogP contribution < -0.4 is 0 Å². The number of hydrogen-bond donors (Lipinski definition) is 0. The monoisotopic (exact) mass is 308 g/mol. The zero-order valence-corrected chi connectivity index (χ0v) is 14.4. The lowest BCUT2D eigenvalue weighted by Crippen LogP contribution is -2.32. The summed E-state index contributed by atoms with van der Waals surface area (Å²) in [4.78, 5) is 0. The van der Waals surface area contributed by atoms with Crippen LogP contribution in [0.2, 0.25) is 0 Å². The molecule has 2 heteroatoms. The Hall–Kier alpha value is -0.0800. The first-order chi connectivity index (χ1) is 10.9. The van der Waals surface area contributed by atoms with Gasteiger partial charge in [0.05, 0.1) is 12.2 Å². The van der Waals surface area contributed by atoms with Crippen LogP contribution in [-0.4, -0.2) is 25.4 Å². The van der Waals surface area contributed by atoms with Crippen molar-refractivity contribution in [1.29, 1.82) is 0 Å². The molecule has 2 saturated heterocycles. The lowest BCUT2D eigenvalue weighted by atomic mass is 9.80. The Morgan fingerprint density at radius 2 is 0.864 bits per heavy atom. The van der Waals surface area contributed by atoms with E-state index in [1.54, 1.807) is 0 Å². The van der Waals surface area contributed by atoms with Gasteiger partial charge in [0.15, 0.2) is 0 Å². The molecule has 0 spiro atoms. The first-order valence-electron chi connectivity index (χ1n) is 10.2. The highest BCUT2D eigenvalue weighted by Crippen LogP contribution is 2.34. The van der Waals surface area contributed by atoms with Crippen molar-refractivity contribution < 1.29 is 9.47 Å². The van der Waals surface area contributed by atoms with Gasteiger partial charge in [-0.2, -0.15) is 0 Å². The SMILES string of the molecule is C1CCCC(C2CCCCO2)CCC(C2CCCCO2)CC1. The summed E-state index contributed by atoms with van der Waals surface area (Å²) in [6.45, 7) is 2.02. The highest BCUT2D eigenvalue weighted by atomic mass is 16.5. The smallest absolute Gasteiger partial charge is 0.0603 e. The van der Waals surface area contributed by atoms with E-state index in [0.29, 0.717) is 12.2 Å². The Labute approximate surface area is 137 Å². The molecule has 2 heterocycles. The first-order valence-corrected chi connectivity index (χ1v) is 10.2. The molecule has 0 amide bonds. The lowest BCUT2D eigenvalue weighted by molar-refractivity contribution is -0.0432. The second kappa shape index (κ2) is 9.27. The Balaban J connectivity index is 1.56. The van der Waals surface area contributed by atoms with E-state index in [4.69, 9.17) is 9.47 Å². The molecule has 3 aliphatic rings. The van der Waals surface area contributed by atoms with Gasteiger partial charge in [0.2, 0.25) is 0 Å². The molecule has 22 heavy (non-hydrogen) atoms. The fourth-order valence-corrected chi connectivity index (χ4v) is 4.90. The average molecular weight is 309 g/mol. The Kier molecular flexibility index (Phi) is 7.07. The maximum Gasteiger partial charge on any atom is 0.0603 e. The largest absolute Gasteiger partial charge is 0.378 e. The minimum Gasteiger partial charge on any atom is -0.378 e. The zero-order chi connectivity index (χ0) is 15.0. The lowest BCUT2D eigenvalue weighted by Gasteiger charge is -2.35. The van der Waals surface area contributed by atoms with Crippen LogP contribution in [-0.2, 0) is 9.47 Å². The molecule has 2 aliphatic heterocycles. The van der Waals surface area contributed by atoms with Crippen molar-refractivity contribution in [2.45, 2.75) is 102 Å². The van der Waals surface area contributed by atoms with Crippen molar-refractivity contribution in [3.8, 4) is 0 Å². The van der Waals surface area contributed by atoms with Gasteiger partial charge in [0, 0.05) is 13.2 Å². The summed E-state index contributed by atoms with van der Waals surface area (Å²) >= 11 is 0. The minimum atomic E-state index is 0.570. The minimum absolute atomic E-state index is 0.570. The van der Waals surface area contributed by atoms with Gasteiger partial charge in [0.25, 0.3) is 0 Å². The molecule has 0 aromatic rings. The molecule has 1 aliphatic carbocycles. The highest BCUT2D eigenvalue weighted by Gasteiger charge is 2.29. The predicted octanol–water partition coefficient (Wildman–Crippen LogP) is 5.49. The Morgan fingerprint density at radius 1 is 0.409 bits per heavy atom. The predicted molar refractivity (Wildman–Crippen MR) is 91.1 cm³/mol. The number of rotatable bonds is 2. The summed E-state index contributed by atoms with van der Waals surface area (Å²) in [5, 5.41) is 0. The summed E-state index contributed by atoms with van der Waals surface area (Å²) < 4.78 is 12.3. The Morgan fingerprint density at radius 3 is 1.27 bits per heavy atom. The van der Waals surface area contributed by atoms with Gasteiger partial charge in [0.1, 0.15) is 0 Å². The third-order valence-electron chi connectivity index (χ3n) is 6.29. The van der Waals surface area contributed by atoms with E-state index in [2.05, 4.69) is 0 Å². The number of hydrogen-bond acceptors (Lipinski definition) is 2. The molecule has 0 N–H and O–H groups in total. The van der Waals surface area contributed by atoms with E-state index >= 15 is 0 Å². The van der Waals surface area contributed by atoms with Crippen LogP contribution in [0.3, 0.4) is 0 Å². The topological polar surface area (TPSA) is 18.5 Å². The summed E-state index contributed by atoms with van der Waals surface area (Å²) in [6.07, 6.45) is 20.4. The molecular weight excluding hydrogens is 272 g/mol. The molecule has 3 fully saturated rings. The molecule has 3 rings (SSSR count). The molecule has 128 valence electrons. The van der Waals surface area contributed by atoms with E-state index in [-0.39, 0.29) is 0 Å². The quantitative estimate of drug-likeness (QED) is 0.671. The van der Waals surface area contributed by atoms with Gasteiger partial charge in [-0.3, -0.25) is 0 Å². The molecule has 1 saturated carbocycles. The van der Waals surface area contributed by atoms with E-state index in [1.165, 1.54) is 89.9 Å². The second-order valence-corrected chi connectivity index (χ2v) is 7.90. The average Bonchev–Trinajstić information content (AvgIpc) is 2.60. The third-order valence-corrected chi connectivity index (χ3v) is 6.29. The molecule has 4 unspecified atom stereocenters. The maximum absolute atomic E-state index is 6.14. The molecular formula is C20H36O2. The Bertz CT molecular complexity index is 262. The van der Waals surface area contributed by atoms with Crippen LogP contribution in [0, 0.1) is 11.8 Å². The van der Waals surface area contributed by atoms with E-state index in [9.17, 15) is 0 Å². The highest BCUT2D eigenvalue weighted by molar-refractivity contribution is 4.80. The first kappa shape index (κ1) is 16.8. The van der Waals surface area contributed by atoms with Gasteiger partial charge in [-0.05, 0) is 76.0 Å². The van der Waals surface area contributed by atoms with Gasteiger partial charge in [-0.25, -0.2) is 0 Å².